The molecule has 1 atom stereocenters. The summed E-state index contributed by atoms with van der Waals surface area (Å²) in [4.78, 5) is 48.3. The first-order valence-electron chi connectivity index (χ1n) is 18.5. The number of rotatable bonds is 12. The van der Waals surface area contributed by atoms with Gasteiger partial charge in [-0.25, -0.2) is 4.98 Å². The van der Waals surface area contributed by atoms with Crippen molar-refractivity contribution >= 4 is 46.7 Å². The van der Waals surface area contributed by atoms with E-state index in [1.807, 2.05) is 41.9 Å². The highest BCUT2D eigenvalue weighted by Crippen LogP contribution is 2.41. The molecule has 3 aliphatic rings. The number of carboxylic acid groups (broad SMARTS) is 1. The maximum absolute atomic E-state index is 13.7. The van der Waals surface area contributed by atoms with Gasteiger partial charge in [-0.1, -0.05) is 47.5 Å². The first-order chi connectivity index (χ1) is 26.1. The van der Waals surface area contributed by atoms with E-state index in [-0.39, 0.29) is 23.8 Å². The Morgan fingerprint density at radius 1 is 1.04 bits per heavy atom. The monoisotopic (exact) mass is 773 g/mol. The highest BCUT2D eigenvalue weighted by Gasteiger charge is 2.30. The number of carbonyl (C=O) groups is 3. The summed E-state index contributed by atoms with van der Waals surface area (Å²) in [6.07, 6.45) is 7.14. The highest BCUT2D eigenvalue weighted by molar-refractivity contribution is 6.39. The largest absolute Gasteiger partial charge is 0.496 e. The Morgan fingerprint density at radius 2 is 1.83 bits per heavy atom. The van der Waals surface area contributed by atoms with E-state index in [4.69, 9.17) is 32.9 Å². The summed E-state index contributed by atoms with van der Waals surface area (Å²) >= 11 is 14.0. The molecular weight excluding hydrogens is 729 g/mol. The molecule has 7 rings (SSSR count). The van der Waals surface area contributed by atoms with Crippen LogP contribution in [0.4, 0.5) is 5.69 Å². The number of ether oxygens (including phenoxy) is 1. The Balaban J connectivity index is 1.03. The highest BCUT2D eigenvalue weighted by atomic mass is 35.5. The second kappa shape index (κ2) is 16.5. The molecule has 1 saturated carbocycles. The Labute approximate surface area is 324 Å². The van der Waals surface area contributed by atoms with Gasteiger partial charge in [0, 0.05) is 87.1 Å². The van der Waals surface area contributed by atoms with E-state index in [0.717, 1.165) is 74.1 Å². The average Bonchev–Trinajstić information content (AvgIpc) is 3.74. The summed E-state index contributed by atoms with van der Waals surface area (Å²) in [6.45, 7) is 3.71. The molecule has 284 valence electrons. The minimum absolute atomic E-state index is 0.0929. The molecule has 0 bridgehead atoms. The van der Waals surface area contributed by atoms with Crippen molar-refractivity contribution in [1.29, 1.82) is 0 Å². The maximum atomic E-state index is 13.7. The minimum atomic E-state index is -0.683. The number of imidazole rings is 1. The number of carbonyl (C=O) groups excluding carboxylic acids is 2. The molecule has 54 heavy (non-hydrogen) atoms. The Hall–Kier alpha value is -4.49. The van der Waals surface area contributed by atoms with E-state index in [0.29, 0.717) is 76.1 Å². The molecule has 4 N–H and O–H groups in total. The molecule has 0 radical (unpaired) electrons. The summed E-state index contributed by atoms with van der Waals surface area (Å²) in [7, 11) is 3.49. The van der Waals surface area contributed by atoms with Gasteiger partial charge in [0.2, 0.25) is 5.91 Å². The summed E-state index contributed by atoms with van der Waals surface area (Å²) in [5.41, 5.74) is 5.97. The third-order valence-electron chi connectivity index (χ3n) is 11.0. The lowest BCUT2D eigenvalue weighted by Gasteiger charge is -2.33. The zero-order valence-electron chi connectivity index (χ0n) is 30.5. The molecule has 2 aliphatic heterocycles. The second-order valence-corrected chi connectivity index (χ2v) is 15.3. The van der Waals surface area contributed by atoms with Crippen LogP contribution in [-0.4, -0.2) is 75.1 Å². The molecule has 2 amide bonds. The van der Waals surface area contributed by atoms with Crippen LogP contribution in [0.1, 0.15) is 66.1 Å². The number of hydrogen-bond donors (Lipinski definition) is 4. The normalized spacial score (nSPS) is 20.0. The maximum Gasteiger partial charge on any atom is 0.306 e. The van der Waals surface area contributed by atoms with Crippen molar-refractivity contribution in [3.63, 3.8) is 0 Å². The molecule has 12 nitrogen and oxygen atoms in total. The van der Waals surface area contributed by atoms with Crippen molar-refractivity contribution in [1.82, 2.24) is 30.1 Å². The lowest BCUT2D eigenvalue weighted by atomic mass is 9.81. The van der Waals surface area contributed by atoms with Gasteiger partial charge in [-0.05, 0) is 56.2 Å². The fourth-order valence-electron chi connectivity index (χ4n) is 7.97. The molecule has 0 spiro atoms. The molecule has 0 unspecified atom stereocenters. The topological polar surface area (TPSA) is 151 Å². The minimum Gasteiger partial charge on any atom is -0.496 e. The third-order valence-corrected chi connectivity index (χ3v) is 11.8. The zero-order valence-corrected chi connectivity index (χ0v) is 32.0. The first kappa shape index (κ1) is 37.8. The first-order valence-corrected chi connectivity index (χ1v) is 19.3. The standard InChI is InChI=1S/C40H45Cl2N7O5/c1-48-32-22-49(21-23-6-8-24(9-7-23)40(52)53)17-15-30(32)46-38(48)39(51)47-31-5-3-4-28(35(31)41)29-14-16-44-37(36(29)42)25-10-11-26(33(18-25)54-2)19-43-20-27-12-13-34(50)45-27/h3-5,10-11,14,16,18,23-24,27,43H,6-9,12-13,15,17,19-22H2,1-2H3,(H,45,50)(H,47,51)(H,52,53)/t23?,24?,27-/m1/s1. The van der Waals surface area contributed by atoms with Crippen molar-refractivity contribution in [3.05, 3.63) is 81.5 Å². The van der Waals surface area contributed by atoms with E-state index in [1.54, 1.807) is 25.4 Å². The summed E-state index contributed by atoms with van der Waals surface area (Å²) in [5.74, 6) is 0.307. The Kier molecular flexibility index (Phi) is 11.5. The molecular formula is C40H45Cl2N7O5. The molecule has 4 heterocycles. The van der Waals surface area contributed by atoms with Crippen LogP contribution in [0, 0.1) is 11.8 Å². The van der Waals surface area contributed by atoms with Gasteiger partial charge in [0.05, 0.1) is 45.8 Å². The molecule has 1 saturated heterocycles. The summed E-state index contributed by atoms with van der Waals surface area (Å²) in [5, 5.41) is 19.5. The van der Waals surface area contributed by atoms with Gasteiger partial charge in [-0.2, -0.15) is 0 Å². The van der Waals surface area contributed by atoms with Gasteiger partial charge in [0.1, 0.15) is 5.75 Å². The molecule has 2 aromatic carbocycles. The Bertz CT molecular complexity index is 2060. The lowest BCUT2D eigenvalue weighted by molar-refractivity contribution is -0.143. The molecule has 14 heteroatoms. The van der Waals surface area contributed by atoms with Gasteiger partial charge in [-0.15, -0.1) is 0 Å². The van der Waals surface area contributed by atoms with Crippen molar-refractivity contribution < 1.29 is 24.2 Å². The number of benzene rings is 2. The molecule has 2 fully saturated rings. The van der Waals surface area contributed by atoms with Crippen LogP contribution >= 0.6 is 23.2 Å². The number of halogens is 2. The fraction of sp³-hybridized carbons (Fsp3) is 0.425. The van der Waals surface area contributed by atoms with Crippen LogP contribution in [-0.2, 0) is 36.1 Å². The number of nitrogens with one attached hydrogen (secondary N) is 3. The number of anilines is 1. The van der Waals surface area contributed by atoms with Crippen molar-refractivity contribution in [2.75, 3.05) is 32.1 Å². The number of hydrogen-bond acceptors (Lipinski definition) is 8. The number of amides is 2. The smallest absolute Gasteiger partial charge is 0.306 e. The predicted molar refractivity (Wildman–Crippen MR) is 208 cm³/mol. The van der Waals surface area contributed by atoms with Gasteiger partial charge in [-0.3, -0.25) is 24.3 Å². The number of nitrogens with zero attached hydrogens (tertiary/aromatic N) is 4. The number of pyridine rings is 1. The van der Waals surface area contributed by atoms with Crippen LogP contribution in [0.25, 0.3) is 22.4 Å². The van der Waals surface area contributed by atoms with Crippen molar-refractivity contribution in [2.24, 2.45) is 18.9 Å². The van der Waals surface area contributed by atoms with Crippen molar-refractivity contribution in [3.8, 4) is 28.1 Å². The average molecular weight is 775 g/mol. The Morgan fingerprint density at radius 3 is 2.57 bits per heavy atom. The second-order valence-electron chi connectivity index (χ2n) is 14.5. The summed E-state index contributed by atoms with van der Waals surface area (Å²) in [6, 6.07) is 13.2. The quantitative estimate of drug-likeness (QED) is 0.129. The number of fused-ring (bicyclic) bond motifs is 1. The van der Waals surface area contributed by atoms with Crippen LogP contribution in [0.3, 0.4) is 0 Å². The summed E-state index contributed by atoms with van der Waals surface area (Å²) < 4.78 is 7.59. The third kappa shape index (κ3) is 8.12. The van der Waals surface area contributed by atoms with E-state index in [9.17, 15) is 19.5 Å². The predicted octanol–water partition coefficient (Wildman–Crippen LogP) is 6.33. The SMILES string of the molecule is COc1cc(-c2nccc(-c3cccc(NC(=O)c4nc5c(n4C)CN(CC4CCC(C(=O)O)CC4)CC5)c3Cl)c2Cl)ccc1CNC[C@H]1CCC(=O)N1. The van der Waals surface area contributed by atoms with Gasteiger partial charge >= 0.3 is 5.97 Å². The van der Waals surface area contributed by atoms with E-state index in [2.05, 4.69) is 25.8 Å². The van der Waals surface area contributed by atoms with E-state index < -0.39 is 5.97 Å². The van der Waals surface area contributed by atoms with Crippen LogP contribution < -0.4 is 20.7 Å². The number of aromatic nitrogens is 3. The molecule has 1 aliphatic carbocycles. The lowest BCUT2D eigenvalue weighted by Crippen LogP contribution is -2.37. The van der Waals surface area contributed by atoms with Gasteiger partial charge in [0.15, 0.2) is 5.82 Å². The fourth-order valence-corrected chi connectivity index (χ4v) is 8.57. The van der Waals surface area contributed by atoms with E-state index in [1.165, 1.54) is 0 Å². The zero-order chi connectivity index (χ0) is 37.9. The van der Waals surface area contributed by atoms with E-state index >= 15 is 0 Å². The molecule has 2 aromatic heterocycles. The number of aliphatic carboxylic acids is 1. The van der Waals surface area contributed by atoms with Crippen molar-refractivity contribution in [2.45, 2.75) is 64.1 Å². The van der Waals surface area contributed by atoms with Crippen LogP contribution in [0.5, 0.6) is 5.75 Å². The number of carboxylic acids is 1. The van der Waals surface area contributed by atoms with Gasteiger partial charge < -0.3 is 30.4 Å². The number of methoxy groups -OCH3 is 1. The van der Waals surface area contributed by atoms with Gasteiger partial charge in [0.25, 0.3) is 5.91 Å². The van der Waals surface area contributed by atoms with Crippen LogP contribution in [0.15, 0.2) is 48.7 Å². The molecule has 4 aromatic rings. The van der Waals surface area contributed by atoms with Crippen LogP contribution in [0.2, 0.25) is 10.0 Å².